The van der Waals surface area contributed by atoms with E-state index in [0.29, 0.717) is 22.6 Å². The molecule has 0 unspecified atom stereocenters. The van der Waals surface area contributed by atoms with Crippen LogP contribution in [0.1, 0.15) is 24.8 Å². The molecule has 0 radical (unpaired) electrons. The molecule has 0 atom stereocenters. The summed E-state index contributed by atoms with van der Waals surface area (Å²) in [6, 6.07) is 12.7. The number of aryl methyl sites for hydroxylation is 1. The first kappa shape index (κ1) is 23.2. The van der Waals surface area contributed by atoms with Gasteiger partial charge >= 0.3 is 0 Å². The molecule has 192 valence electrons. The van der Waals surface area contributed by atoms with E-state index >= 15 is 0 Å². The molecule has 7 rings (SSSR count). The van der Waals surface area contributed by atoms with E-state index in [1.165, 1.54) is 12.1 Å². The number of aromatic nitrogens is 6. The first-order valence-electron chi connectivity index (χ1n) is 12.9. The van der Waals surface area contributed by atoms with Crippen LogP contribution in [0, 0.1) is 18.7 Å². The number of benzene rings is 1. The van der Waals surface area contributed by atoms with E-state index in [-0.39, 0.29) is 17.6 Å². The Morgan fingerprint density at radius 3 is 2.67 bits per heavy atom. The van der Waals surface area contributed by atoms with E-state index in [1.54, 1.807) is 24.8 Å². The van der Waals surface area contributed by atoms with Crippen molar-refractivity contribution >= 4 is 33.5 Å². The van der Waals surface area contributed by atoms with Crippen molar-refractivity contribution in [3.63, 3.8) is 0 Å². The third-order valence-corrected chi connectivity index (χ3v) is 7.34. The molecular formula is C30H24FN7O. The van der Waals surface area contributed by atoms with E-state index in [0.717, 1.165) is 63.6 Å². The van der Waals surface area contributed by atoms with E-state index < -0.39 is 0 Å². The number of rotatable bonds is 5. The number of fused-ring (bicyclic) bond motifs is 2. The van der Waals surface area contributed by atoms with E-state index in [1.807, 2.05) is 37.3 Å². The fourth-order valence-corrected chi connectivity index (χ4v) is 5.11. The molecule has 0 aliphatic heterocycles. The molecule has 5 heterocycles. The summed E-state index contributed by atoms with van der Waals surface area (Å²) in [6.45, 7) is 1.87. The maximum Gasteiger partial charge on any atom is 0.227 e. The number of carbonyl (C=O) groups is 1. The highest BCUT2D eigenvalue weighted by molar-refractivity contribution is 6.00. The van der Waals surface area contributed by atoms with Crippen LogP contribution in [0.25, 0.3) is 55.7 Å². The summed E-state index contributed by atoms with van der Waals surface area (Å²) in [5, 5.41) is 11.5. The highest BCUT2D eigenvalue weighted by atomic mass is 19.1. The molecule has 0 bridgehead atoms. The lowest BCUT2D eigenvalue weighted by molar-refractivity contribution is -0.122. The molecule has 0 saturated heterocycles. The molecule has 0 spiro atoms. The standard InChI is InChI=1S/C30H24FN7O/c1-16-7-18(9-20(31)8-16)23-14-33-15-27-22(23)11-26(35-27)29-28-25(37-38-29)6-5-24(36-28)19-10-21(13-32-12-19)34-30(39)17-3-2-4-17/h5-15,17,35H,2-4H2,1H3,(H,34,39)(H,37,38). The van der Waals surface area contributed by atoms with Crippen LogP contribution in [0.4, 0.5) is 10.1 Å². The topological polar surface area (TPSA) is 112 Å². The van der Waals surface area contributed by atoms with Gasteiger partial charge in [0.15, 0.2) is 0 Å². The molecular weight excluding hydrogens is 493 g/mol. The number of hydrogen-bond acceptors (Lipinski definition) is 5. The molecule has 39 heavy (non-hydrogen) atoms. The number of anilines is 1. The highest BCUT2D eigenvalue weighted by Crippen LogP contribution is 2.34. The summed E-state index contributed by atoms with van der Waals surface area (Å²) >= 11 is 0. The summed E-state index contributed by atoms with van der Waals surface area (Å²) in [5.74, 6) is -0.149. The number of nitrogens with one attached hydrogen (secondary N) is 3. The number of nitrogens with zero attached hydrogens (tertiary/aromatic N) is 4. The second-order valence-electron chi connectivity index (χ2n) is 10.1. The Bertz CT molecular complexity index is 1870. The van der Waals surface area contributed by atoms with Gasteiger partial charge in [0.05, 0.1) is 40.5 Å². The van der Waals surface area contributed by atoms with E-state index in [2.05, 4.69) is 30.5 Å². The van der Waals surface area contributed by atoms with Crippen LogP contribution in [-0.2, 0) is 4.79 Å². The van der Waals surface area contributed by atoms with Crippen LogP contribution in [0.15, 0.2) is 67.3 Å². The van der Waals surface area contributed by atoms with Gasteiger partial charge in [-0.3, -0.25) is 19.9 Å². The molecule has 1 aromatic carbocycles. The zero-order valence-electron chi connectivity index (χ0n) is 21.1. The Kier molecular flexibility index (Phi) is 5.43. The first-order valence-corrected chi connectivity index (χ1v) is 12.9. The van der Waals surface area contributed by atoms with Crippen LogP contribution in [0.3, 0.4) is 0 Å². The fraction of sp³-hybridized carbons (Fsp3) is 0.167. The average molecular weight is 518 g/mol. The Balaban J connectivity index is 1.27. The molecule has 1 amide bonds. The lowest BCUT2D eigenvalue weighted by Crippen LogP contribution is -2.28. The molecule has 1 aliphatic rings. The number of aromatic amines is 2. The van der Waals surface area contributed by atoms with Gasteiger partial charge in [-0.15, -0.1) is 0 Å². The number of pyridine rings is 3. The summed E-state index contributed by atoms with van der Waals surface area (Å²) in [5.41, 5.74) is 8.32. The lowest BCUT2D eigenvalue weighted by Gasteiger charge is -2.24. The third kappa shape index (κ3) is 4.21. The molecule has 9 heteroatoms. The Labute approximate surface area is 222 Å². The molecule has 5 aromatic heterocycles. The maximum atomic E-state index is 14.2. The number of hydrogen-bond donors (Lipinski definition) is 3. The number of H-pyrrole nitrogens is 2. The highest BCUT2D eigenvalue weighted by Gasteiger charge is 2.25. The van der Waals surface area contributed by atoms with Gasteiger partial charge in [-0.2, -0.15) is 5.10 Å². The summed E-state index contributed by atoms with van der Waals surface area (Å²) in [7, 11) is 0. The van der Waals surface area contributed by atoms with Gasteiger partial charge in [-0.1, -0.05) is 12.5 Å². The Morgan fingerprint density at radius 2 is 1.85 bits per heavy atom. The minimum Gasteiger partial charge on any atom is -0.352 e. The molecule has 8 nitrogen and oxygen atoms in total. The monoisotopic (exact) mass is 517 g/mol. The van der Waals surface area contributed by atoms with E-state index in [9.17, 15) is 9.18 Å². The SMILES string of the molecule is Cc1cc(F)cc(-c2cncc3[nH]c(-c4n[nH]c5ccc(-c6cncc(NC(=O)C7CCC7)c6)nc45)cc23)c1. The van der Waals surface area contributed by atoms with Gasteiger partial charge in [0.2, 0.25) is 5.91 Å². The lowest BCUT2D eigenvalue weighted by atomic mass is 9.85. The predicted molar refractivity (Wildman–Crippen MR) is 148 cm³/mol. The Morgan fingerprint density at radius 1 is 0.974 bits per heavy atom. The second kappa shape index (κ2) is 9.13. The molecule has 6 aromatic rings. The summed E-state index contributed by atoms with van der Waals surface area (Å²) in [4.78, 5) is 29.4. The second-order valence-corrected chi connectivity index (χ2v) is 10.1. The summed E-state index contributed by atoms with van der Waals surface area (Å²) < 4.78 is 14.2. The van der Waals surface area contributed by atoms with Crippen LogP contribution in [-0.4, -0.2) is 36.0 Å². The number of halogens is 1. The normalized spacial score (nSPS) is 13.6. The zero-order chi connectivity index (χ0) is 26.5. The van der Waals surface area contributed by atoms with Crippen molar-refractivity contribution in [3.8, 4) is 33.8 Å². The van der Waals surface area contributed by atoms with Crippen LogP contribution in [0.2, 0.25) is 0 Å². The van der Waals surface area contributed by atoms with Crippen molar-refractivity contribution in [1.29, 1.82) is 0 Å². The minimum absolute atomic E-state index is 0.0433. The van der Waals surface area contributed by atoms with E-state index in [4.69, 9.17) is 4.98 Å². The van der Waals surface area contributed by atoms with Gasteiger partial charge < -0.3 is 10.3 Å². The molecule has 1 aliphatic carbocycles. The minimum atomic E-state index is -0.283. The van der Waals surface area contributed by atoms with Crippen molar-refractivity contribution in [1.82, 2.24) is 30.1 Å². The van der Waals surface area contributed by atoms with Crippen molar-refractivity contribution < 1.29 is 9.18 Å². The van der Waals surface area contributed by atoms with Crippen LogP contribution in [0.5, 0.6) is 0 Å². The van der Waals surface area contributed by atoms with Crippen molar-refractivity contribution in [3.05, 3.63) is 78.6 Å². The molecule has 1 saturated carbocycles. The third-order valence-electron chi connectivity index (χ3n) is 7.34. The zero-order valence-corrected chi connectivity index (χ0v) is 21.1. The van der Waals surface area contributed by atoms with Gasteiger partial charge in [-0.05, 0) is 67.3 Å². The van der Waals surface area contributed by atoms with Gasteiger partial charge in [0, 0.05) is 34.8 Å². The smallest absolute Gasteiger partial charge is 0.227 e. The van der Waals surface area contributed by atoms with Crippen LogP contribution < -0.4 is 5.32 Å². The van der Waals surface area contributed by atoms with Crippen molar-refractivity contribution in [2.24, 2.45) is 5.92 Å². The maximum absolute atomic E-state index is 14.2. The predicted octanol–water partition coefficient (Wildman–Crippen LogP) is 6.42. The number of amides is 1. The largest absolute Gasteiger partial charge is 0.352 e. The molecule has 3 N–H and O–H groups in total. The average Bonchev–Trinajstić information content (AvgIpc) is 3.50. The Hall–Kier alpha value is -4.92. The quantitative estimate of drug-likeness (QED) is 0.244. The molecule has 1 fully saturated rings. The van der Waals surface area contributed by atoms with Crippen molar-refractivity contribution in [2.45, 2.75) is 26.2 Å². The van der Waals surface area contributed by atoms with Crippen LogP contribution >= 0.6 is 0 Å². The fourth-order valence-electron chi connectivity index (χ4n) is 5.11. The van der Waals surface area contributed by atoms with Crippen molar-refractivity contribution in [2.75, 3.05) is 5.32 Å². The van der Waals surface area contributed by atoms with Gasteiger partial charge in [-0.25, -0.2) is 9.37 Å². The first-order chi connectivity index (χ1) is 19.0. The van der Waals surface area contributed by atoms with Gasteiger partial charge in [0.1, 0.15) is 17.0 Å². The number of carbonyl (C=O) groups excluding carboxylic acids is 1. The summed E-state index contributed by atoms with van der Waals surface area (Å²) in [6.07, 6.45) is 9.86. The van der Waals surface area contributed by atoms with Gasteiger partial charge in [0.25, 0.3) is 0 Å².